The minimum absolute atomic E-state index is 0.408. The van der Waals surface area contributed by atoms with Crippen LogP contribution in [0, 0.1) is 11.3 Å². The number of thiophene rings is 1. The van der Waals surface area contributed by atoms with E-state index in [1.54, 1.807) is 6.07 Å². The van der Waals surface area contributed by atoms with Crippen LogP contribution >= 0.6 is 11.3 Å². The number of methoxy groups -OCH3 is 1. The van der Waals surface area contributed by atoms with Gasteiger partial charge in [0.15, 0.2) is 0 Å². The van der Waals surface area contributed by atoms with Gasteiger partial charge in [0.1, 0.15) is 17.0 Å². The van der Waals surface area contributed by atoms with E-state index in [9.17, 15) is 4.79 Å². The number of carbonyl (C=O) groups is 1. The lowest BCUT2D eigenvalue weighted by atomic mass is 10.1. The summed E-state index contributed by atoms with van der Waals surface area (Å²) in [6.45, 7) is 0. The van der Waals surface area contributed by atoms with Gasteiger partial charge in [0, 0.05) is 0 Å². The third kappa shape index (κ3) is 2.55. The summed E-state index contributed by atoms with van der Waals surface area (Å²) in [4.78, 5) is 11.6. The average molecular weight is 210 g/mol. The molecule has 1 heterocycles. The summed E-state index contributed by atoms with van der Waals surface area (Å²) < 4.78 is 4.49. The van der Waals surface area contributed by atoms with Crippen LogP contribution in [-0.2, 0) is 16.0 Å². The van der Waals surface area contributed by atoms with Gasteiger partial charge >= 0.3 is 5.97 Å². The summed E-state index contributed by atoms with van der Waals surface area (Å²) in [7, 11) is 1.30. The summed E-state index contributed by atoms with van der Waals surface area (Å²) in [5.74, 6) is -0.435. The van der Waals surface area contributed by atoms with Crippen LogP contribution in [0.3, 0.4) is 0 Å². The first-order valence-electron chi connectivity index (χ1n) is 3.98. The predicted molar refractivity (Wildman–Crippen MR) is 52.7 cm³/mol. The Labute approximate surface area is 85.9 Å². The molecule has 4 nitrogen and oxygen atoms in total. The van der Waals surface area contributed by atoms with Crippen LogP contribution in [0.2, 0.25) is 0 Å². The predicted octanol–water partition coefficient (Wildman–Crippen LogP) is 0.663. The minimum Gasteiger partial charge on any atom is -0.468 e. The molecular formula is C9H10N2O2S. The maximum atomic E-state index is 11.0. The second kappa shape index (κ2) is 4.74. The monoisotopic (exact) mass is 210 g/mol. The summed E-state index contributed by atoms with van der Waals surface area (Å²) in [6, 6.07) is 3.10. The van der Waals surface area contributed by atoms with Crippen LogP contribution in [0.15, 0.2) is 11.4 Å². The van der Waals surface area contributed by atoms with Crippen molar-refractivity contribution >= 4 is 17.3 Å². The number of nitrogens with two attached hydrogens (primary N) is 1. The molecule has 0 fully saturated rings. The number of nitrogens with zero attached hydrogens (tertiary/aromatic N) is 1. The van der Waals surface area contributed by atoms with E-state index >= 15 is 0 Å². The molecule has 0 saturated heterocycles. The van der Waals surface area contributed by atoms with E-state index in [1.165, 1.54) is 18.4 Å². The van der Waals surface area contributed by atoms with Crippen molar-refractivity contribution in [3.63, 3.8) is 0 Å². The first kappa shape index (κ1) is 10.7. The summed E-state index contributed by atoms with van der Waals surface area (Å²) in [5.41, 5.74) is 6.45. The standard InChI is InChI=1S/C9H10N2O2S/c1-13-9(12)8(11)3-6-2-7(4-10)14-5-6/h2,5,8H,3,11H2,1H3/t8-/m1/s1. The van der Waals surface area contributed by atoms with Crippen molar-refractivity contribution in [2.24, 2.45) is 5.73 Å². The Morgan fingerprint density at radius 3 is 3.07 bits per heavy atom. The van der Waals surface area contributed by atoms with E-state index in [0.29, 0.717) is 11.3 Å². The molecule has 0 radical (unpaired) electrons. The quantitative estimate of drug-likeness (QED) is 0.744. The second-order valence-electron chi connectivity index (χ2n) is 2.76. The third-order valence-corrected chi connectivity index (χ3v) is 2.61. The van der Waals surface area contributed by atoms with E-state index in [0.717, 1.165) is 5.56 Å². The fourth-order valence-electron chi connectivity index (χ4n) is 1.03. The lowest BCUT2D eigenvalue weighted by Crippen LogP contribution is -2.33. The maximum Gasteiger partial charge on any atom is 0.322 e. The highest BCUT2D eigenvalue weighted by Crippen LogP contribution is 2.14. The molecule has 1 aromatic heterocycles. The van der Waals surface area contributed by atoms with Gasteiger partial charge in [-0.15, -0.1) is 11.3 Å². The topological polar surface area (TPSA) is 76.1 Å². The van der Waals surface area contributed by atoms with Gasteiger partial charge in [0.05, 0.1) is 7.11 Å². The molecule has 2 N–H and O–H groups in total. The molecular weight excluding hydrogens is 200 g/mol. The first-order chi connectivity index (χ1) is 6.67. The smallest absolute Gasteiger partial charge is 0.322 e. The van der Waals surface area contributed by atoms with E-state index in [4.69, 9.17) is 11.0 Å². The van der Waals surface area contributed by atoms with Crippen molar-refractivity contribution < 1.29 is 9.53 Å². The Balaban J connectivity index is 2.61. The molecule has 14 heavy (non-hydrogen) atoms. The Bertz CT molecular complexity index is 367. The molecule has 0 bridgehead atoms. The van der Waals surface area contributed by atoms with Gasteiger partial charge in [-0.05, 0) is 23.4 Å². The number of ether oxygens (including phenoxy) is 1. The first-order valence-corrected chi connectivity index (χ1v) is 4.86. The van der Waals surface area contributed by atoms with Crippen LogP contribution in [0.5, 0.6) is 0 Å². The van der Waals surface area contributed by atoms with Crippen LogP contribution in [0.1, 0.15) is 10.4 Å². The third-order valence-electron chi connectivity index (χ3n) is 1.72. The van der Waals surface area contributed by atoms with E-state index in [2.05, 4.69) is 4.74 Å². The fraction of sp³-hybridized carbons (Fsp3) is 0.333. The lowest BCUT2D eigenvalue weighted by Gasteiger charge is -2.06. The van der Waals surface area contributed by atoms with Crippen LogP contribution in [0.25, 0.3) is 0 Å². The molecule has 0 aliphatic carbocycles. The van der Waals surface area contributed by atoms with Gasteiger partial charge in [0.25, 0.3) is 0 Å². The Morgan fingerprint density at radius 2 is 2.57 bits per heavy atom. The maximum absolute atomic E-state index is 11.0. The zero-order chi connectivity index (χ0) is 10.6. The highest BCUT2D eigenvalue weighted by atomic mass is 32.1. The van der Waals surface area contributed by atoms with Gasteiger partial charge in [-0.1, -0.05) is 0 Å². The zero-order valence-corrected chi connectivity index (χ0v) is 8.50. The molecule has 0 aromatic carbocycles. The molecule has 0 aliphatic heterocycles. The Hall–Kier alpha value is -1.38. The van der Waals surface area contributed by atoms with Crippen LogP contribution in [0.4, 0.5) is 0 Å². The van der Waals surface area contributed by atoms with Crippen molar-refractivity contribution in [2.75, 3.05) is 7.11 Å². The number of hydrogen-bond acceptors (Lipinski definition) is 5. The van der Waals surface area contributed by atoms with Crippen molar-refractivity contribution in [1.29, 1.82) is 5.26 Å². The highest BCUT2D eigenvalue weighted by molar-refractivity contribution is 7.10. The number of nitriles is 1. The van der Waals surface area contributed by atoms with Crippen molar-refractivity contribution in [2.45, 2.75) is 12.5 Å². The molecule has 0 amide bonds. The molecule has 0 saturated carbocycles. The molecule has 0 aliphatic rings. The normalized spacial score (nSPS) is 11.8. The molecule has 1 rings (SSSR count). The number of carbonyl (C=O) groups excluding carboxylic acids is 1. The van der Waals surface area contributed by atoms with Crippen LogP contribution in [-0.4, -0.2) is 19.1 Å². The summed E-state index contributed by atoms with van der Waals surface area (Å²) >= 11 is 1.34. The Kier molecular flexibility index (Phi) is 3.63. The molecule has 1 aromatic rings. The molecule has 0 spiro atoms. The molecule has 5 heteroatoms. The fourth-order valence-corrected chi connectivity index (χ4v) is 1.74. The van der Waals surface area contributed by atoms with E-state index in [-0.39, 0.29) is 0 Å². The highest BCUT2D eigenvalue weighted by Gasteiger charge is 2.14. The van der Waals surface area contributed by atoms with Gasteiger partial charge in [0.2, 0.25) is 0 Å². The van der Waals surface area contributed by atoms with Crippen LogP contribution < -0.4 is 5.73 Å². The minimum atomic E-state index is -0.652. The van der Waals surface area contributed by atoms with Gasteiger partial charge in [-0.3, -0.25) is 4.79 Å². The lowest BCUT2D eigenvalue weighted by molar-refractivity contribution is -0.142. The SMILES string of the molecule is COC(=O)[C@H](N)Cc1csc(C#N)c1. The van der Waals surface area contributed by atoms with Crippen molar-refractivity contribution in [1.82, 2.24) is 0 Å². The summed E-state index contributed by atoms with van der Waals surface area (Å²) in [5, 5.41) is 10.4. The van der Waals surface area contributed by atoms with Crippen molar-refractivity contribution in [3.05, 3.63) is 21.9 Å². The molecule has 74 valence electrons. The summed E-state index contributed by atoms with van der Waals surface area (Å²) in [6.07, 6.45) is 0.408. The van der Waals surface area contributed by atoms with E-state index < -0.39 is 12.0 Å². The molecule has 0 unspecified atom stereocenters. The largest absolute Gasteiger partial charge is 0.468 e. The van der Waals surface area contributed by atoms with Gasteiger partial charge in [-0.25, -0.2) is 0 Å². The average Bonchev–Trinajstić information content (AvgIpc) is 2.64. The molecule has 1 atom stereocenters. The number of rotatable bonds is 3. The zero-order valence-electron chi connectivity index (χ0n) is 7.69. The van der Waals surface area contributed by atoms with Crippen molar-refractivity contribution in [3.8, 4) is 6.07 Å². The Morgan fingerprint density at radius 1 is 1.86 bits per heavy atom. The second-order valence-corrected chi connectivity index (χ2v) is 3.68. The number of esters is 1. The van der Waals surface area contributed by atoms with Gasteiger partial charge in [-0.2, -0.15) is 5.26 Å². The van der Waals surface area contributed by atoms with E-state index in [1.807, 2.05) is 11.4 Å². The number of hydrogen-bond donors (Lipinski definition) is 1. The van der Waals surface area contributed by atoms with Gasteiger partial charge < -0.3 is 10.5 Å².